The normalized spacial score (nSPS) is 30.9. The van der Waals surface area contributed by atoms with Crippen molar-refractivity contribution in [3.05, 3.63) is 0 Å². The van der Waals surface area contributed by atoms with E-state index in [9.17, 15) is 13.2 Å². The minimum absolute atomic E-state index is 0.340. The highest BCUT2D eigenvalue weighted by atomic mass is 19.4. The fraction of sp³-hybridized carbons (Fsp3) is 1.00. The molecule has 0 radical (unpaired) electrons. The largest absolute Gasteiger partial charge is 0.391 e. The van der Waals surface area contributed by atoms with Crippen LogP contribution in [-0.4, -0.2) is 6.18 Å². The maximum atomic E-state index is 12.3. The summed E-state index contributed by atoms with van der Waals surface area (Å²) >= 11 is 0. The van der Waals surface area contributed by atoms with Gasteiger partial charge in [-0.05, 0) is 37.5 Å². The average Bonchev–Trinajstić information content (AvgIpc) is 2.03. The Morgan fingerprint density at radius 2 is 1.46 bits per heavy atom. The van der Waals surface area contributed by atoms with E-state index in [2.05, 4.69) is 13.8 Å². The monoisotopic (exact) mass is 194 g/mol. The molecule has 1 saturated carbocycles. The van der Waals surface area contributed by atoms with E-state index in [0.717, 1.165) is 12.8 Å². The molecule has 0 aliphatic heterocycles. The summed E-state index contributed by atoms with van der Waals surface area (Å²) in [5.74, 6) is 0.0234. The van der Waals surface area contributed by atoms with Crippen LogP contribution in [0.2, 0.25) is 0 Å². The predicted molar refractivity (Wildman–Crippen MR) is 46.3 cm³/mol. The van der Waals surface area contributed by atoms with Crippen LogP contribution in [0.1, 0.15) is 39.5 Å². The van der Waals surface area contributed by atoms with E-state index in [1.807, 2.05) is 0 Å². The van der Waals surface area contributed by atoms with E-state index in [-0.39, 0.29) is 0 Å². The molecule has 1 fully saturated rings. The van der Waals surface area contributed by atoms with Gasteiger partial charge in [-0.3, -0.25) is 0 Å². The van der Waals surface area contributed by atoms with E-state index in [0.29, 0.717) is 24.7 Å². The van der Waals surface area contributed by atoms with Crippen LogP contribution in [0, 0.1) is 17.8 Å². The lowest BCUT2D eigenvalue weighted by Gasteiger charge is -2.31. The van der Waals surface area contributed by atoms with Crippen molar-refractivity contribution in [3.63, 3.8) is 0 Å². The lowest BCUT2D eigenvalue weighted by molar-refractivity contribution is -0.184. The van der Waals surface area contributed by atoms with Crippen LogP contribution in [0.25, 0.3) is 0 Å². The summed E-state index contributed by atoms with van der Waals surface area (Å²) in [5, 5.41) is 0. The van der Waals surface area contributed by atoms with Crippen molar-refractivity contribution in [2.45, 2.75) is 45.7 Å². The standard InChI is InChI=1S/C10H17F3/c1-7(2)8-3-5-9(6-4-8)10(11,12)13/h7-9H,3-6H2,1-2H3/t8-,9-. The molecule has 13 heavy (non-hydrogen) atoms. The van der Waals surface area contributed by atoms with Crippen LogP contribution in [0.15, 0.2) is 0 Å². The fourth-order valence-corrected chi connectivity index (χ4v) is 2.11. The van der Waals surface area contributed by atoms with Gasteiger partial charge in [-0.2, -0.15) is 13.2 Å². The summed E-state index contributed by atoms with van der Waals surface area (Å²) in [6, 6.07) is 0. The van der Waals surface area contributed by atoms with E-state index in [1.54, 1.807) is 0 Å². The molecule has 0 nitrogen and oxygen atoms in total. The molecule has 0 spiro atoms. The molecular weight excluding hydrogens is 177 g/mol. The highest BCUT2D eigenvalue weighted by molar-refractivity contribution is 4.78. The highest BCUT2D eigenvalue weighted by Gasteiger charge is 2.41. The van der Waals surface area contributed by atoms with Crippen molar-refractivity contribution < 1.29 is 13.2 Å². The van der Waals surface area contributed by atoms with Gasteiger partial charge in [-0.25, -0.2) is 0 Å². The first-order valence-corrected chi connectivity index (χ1v) is 4.98. The lowest BCUT2D eigenvalue weighted by Crippen LogP contribution is -2.29. The molecule has 0 unspecified atom stereocenters. The molecule has 0 aromatic carbocycles. The first kappa shape index (κ1) is 10.9. The zero-order chi connectivity index (χ0) is 10.1. The smallest absolute Gasteiger partial charge is 0.171 e. The molecule has 0 amide bonds. The second kappa shape index (κ2) is 3.89. The van der Waals surface area contributed by atoms with Gasteiger partial charge in [0.2, 0.25) is 0 Å². The van der Waals surface area contributed by atoms with Gasteiger partial charge in [0, 0.05) is 0 Å². The van der Waals surface area contributed by atoms with Gasteiger partial charge in [0.15, 0.2) is 0 Å². The first-order valence-electron chi connectivity index (χ1n) is 4.98. The molecular formula is C10H17F3. The zero-order valence-corrected chi connectivity index (χ0v) is 8.19. The Bertz CT molecular complexity index is 152. The Labute approximate surface area is 77.5 Å². The molecule has 1 rings (SSSR count). The second-order valence-corrected chi connectivity index (χ2v) is 4.40. The Balaban J connectivity index is 2.39. The Morgan fingerprint density at radius 3 is 1.77 bits per heavy atom. The molecule has 78 valence electrons. The van der Waals surface area contributed by atoms with E-state index in [4.69, 9.17) is 0 Å². The molecule has 0 N–H and O–H groups in total. The van der Waals surface area contributed by atoms with E-state index >= 15 is 0 Å². The van der Waals surface area contributed by atoms with Gasteiger partial charge in [0.25, 0.3) is 0 Å². The number of hydrogen-bond acceptors (Lipinski definition) is 0. The van der Waals surface area contributed by atoms with Crippen molar-refractivity contribution in [2.75, 3.05) is 0 Å². The van der Waals surface area contributed by atoms with Gasteiger partial charge < -0.3 is 0 Å². The van der Waals surface area contributed by atoms with Crippen molar-refractivity contribution >= 4 is 0 Å². The summed E-state index contributed by atoms with van der Waals surface area (Å²) in [5.41, 5.74) is 0. The van der Waals surface area contributed by atoms with Crippen molar-refractivity contribution in [3.8, 4) is 0 Å². The van der Waals surface area contributed by atoms with Crippen LogP contribution in [-0.2, 0) is 0 Å². The van der Waals surface area contributed by atoms with E-state index < -0.39 is 12.1 Å². The molecule has 3 heteroatoms. The molecule has 0 aromatic rings. The number of alkyl halides is 3. The van der Waals surface area contributed by atoms with Crippen molar-refractivity contribution in [1.29, 1.82) is 0 Å². The summed E-state index contributed by atoms with van der Waals surface area (Å²) < 4.78 is 36.8. The minimum atomic E-state index is -3.96. The van der Waals surface area contributed by atoms with Gasteiger partial charge >= 0.3 is 6.18 Å². The van der Waals surface area contributed by atoms with Crippen LogP contribution >= 0.6 is 0 Å². The maximum absolute atomic E-state index is 12.3. The van der Waals surface area contributed by atoms with Gasteiger partial charge in [0.05, 0.1) is 5.92 Å². The number of hydrogen-bond donors (Lipinski definition) is 0. The third-order valence-electron chi connectivity index (χ3n) is 3.18. The predicted octanol–water partition coefficient (Wildman–Crippen LogP) is 4.01. The van der Waals surface area contributed by atoms with Crippen molar-refractivity contribution in [2.24, 2.45) is 17.8 Å². The molecule has 1 aliphatic rings. The van der Waals surface area contributed by atoms with Crippen LogP contribution in [0.5, 0.6) is 0 Å². The Kier molecular flexibility index (Phi) is 3.25. The van der Waals surface area contributed by atoms with Crippen LogP contribution in [0.3, 0.4) is 0 Å². The zero-order valence-electron chi connectivity index (χ0n) is 8.19. The Morgan fingerprint density at radius 1 is 1.00 bits per heavy atom. The summed E-state index contributed by atoms with van der Waals surface area (Å²) in [4.78, 5) is 0. The minimum Gasteiger partial charge on any atom is -0.171 e. The molecule has 0 saturated heterocycles. The topological polar surface area (TPSA) is 0 Å². The van der Waals surface area contributed by atoms with Crippen LogP contribution < -0.4 is 0 Å². The fourth-order valence-electron chi connectivity index (χ4n) is 2.11. The SMILES string of the molecule is CC(C)[C@H]1CC[C@H](C(F)(F)F)CC1. The summed E-state index contributed by atoms with van der Waals surface area (Å²) in [6.45, 7) is 4.19. The third-order valence-corrected chi connectivity index (χ3v) is 3.18. The molecule has 0 heterocycles. The quantitative estimate of drug-likeness (QED) is 0.591. The van der Waals surface area contributed by atoms with Gasteiger partial charge in [0.1, 0.15) is 0 Å². The van der Waals surface area contributed by atoms with Gasteiger partial charge in [-0.15, -0.1) is 0 Å². The number of halogens is 3. The number of rotatable bonds is 1. The highest BCUT2D eigenvalue weighted by Crippen LogP contribution is 2.41. The van der Waals surface area contributed by atoms with E-state index in [1.165, 1.54) is 0 Å². The Hall–Kier alpha value is -0.210. The molecule has 0 bridgehead atoms. The average molecular weight is 194 g/mol. The lowest BCUT2D eigenvalue weighted by atomic mass is 9.77. The third kappa shape index (κ3) is 2.89. The van der Waals surface area contributed by atoms with Crippen molar-refractivity contribution in [1.82, 2.24) is 0 Å². The summed E-state index contributed by atoms with van der Waals surface area (Å²) in [6.07, 6.45) is -1.77. The summed E-state index contributed by atoms with van der Waals surface area (Å²) in [7, 11) is 0. The van der Waals surface area contributed by atoms with Gasteiger partial charge in [-0.1, -0.05) is 13.8 Å². The first-order chi connectivity index (χ1) is 5.91. The maximum Gasteiger partial charge on any atom is 0.391 e. The molecule has 1 aliphatic carbocycles. The second-order valence-electron chi connectivity index (χ2n) is 4.40. The molecule has 0 aromatic heterocycles. The van der Waals surface area contributed by atoms with Crippen LogP contribution in [0.4, 0.5) is 13.2 Å². The molecule has 0 atom stereocenters.